The van der Waals surface area contributed by atoms with E-state index in [4.69, 9.17) is 10.5 Å². The van der Waals surface area contributed by atoms with E-state index in [0.717, 1.165) is 18.4 Å². The number of nitrogens with two attached hydrogens (primary N) is 1. The molecule has 0 atom stereocenters. The first-order chi connectivity index (χ1) is 11.7. The van der Waals surface area contributed by atoms with Crippen LogP contribution in [0.4, 0.5) is 9.18 Å². The van der Waals surface area contributed by atoms with E-state index in [1.165, 1.54) is 6.07 Å². The van der Waals surface area contributed by atoms with Crippen molar-refractivity contribution in [1.29, 1.82) is 5.26 Å². The summed E-state index contributed by atoms with van der Waals surface area (Å²) in [5.74, 6) is 0.0737. The zero-order chi connectivity index (χ0) is 18.7. The number of hydrogen-bond donors (Lipinski definition) is 1. The average Bonchev–Trinajstić information content (AvgIpc) is 2.54. The van der Waals surface area contributed by atoms with E-state index in [-0.39, 0.29) is 5.82 Å². The van der Waals surface area contributed by atoms with Crippen molar-refractivity contribution in [2.24, 2.45) is 11.7 Å². The van der Waals surface area contributed by atoms with Gasteiger partial charge in [-0.25, -0.2) is 9.18 Å². The van der Waals surface area contributed by atoms with Crippen LogP contribution in [0, 0.1) is 23.1 Å². The number of primary amides is 1. The Balaban J connectivity index is 2.09. The third-order valence-corrected chi connectivity index (χ3v) is 5.68. The number of ether oxygens (including phenoxy) is 1. The van der Waals surface area contributed by atoms with Crippen LogP contribution in [-0.4, -0.2) is 11.7 Å². The predicted octanol–water partition coefficient (Wildman–Crippen LogP) is 4.94. The first-order valence-corrected chi connectivity index (χ1v) is 9.58. The summed E-state index contributed by atoms with van der Waals surface area (Å²) in [6, 6.07) is 7.54. The Hall–Kier alpha value is -1.61. The van der Waals surface area contributed by atoms with Gasteiger partial charge in [-0.15, -0.1) is 0 Å². The summed E-state index contributed by atoms with van der Waals surface area (Å²) >= 11 is 3.26. The lowest BCUT2D eigenvalue weighted by atomic mass is 9.66. The summed E-state index contributed by atoms with van der Waals surface area (Å²) in [6.45, 7) is 3.69. The van der Waals surface area contributed by atoms with Gasteiger partial charge >= 0.3 is 6.09 Å². The molecular formula is C19H24BrFN2O2. The molecule has 2 N–H and O–H groups in total. The van der Waals surface area contributed by atoms with Crippen LogP contribution in [0.15, 0.2) is 18.2 Å². The Morgan fingerprint density at radius 1 is 1.48 bits per heavy atom. The van der Waals surface area contributed by atoms with Crippen molar-refractivity contribution < 1.29 is 13.9 Å². The summed E-state index contributed by atoms with van der Waals surface area (Å²) < 4.78 is 19.3. The lowest BCUT2D eigenvalue weighted by Gasteiger charge is -2.38. The number of carbonyl (C=O) groups excluding carboxylic acids is 1. The highest BCUT2D eigenvalue weighted by molar-refractivity contribution is 9.08. The molecule has 0 radical (unpaired) electrons. The van der Waals surface area contributed by atoms with Gasteiger partial charge in [0.1, 0.15) is 11.4 Å². The molecule has 1 fully saturated rings. The molecule has 2 rings (SSSR count). The van der Waals surface area contributed by atoms with Crippen LogP contribution < -0.4 is 5.73 Å². The fourth-order valence-electron chi connectivity index (χ4n) is 3.80. The fourth-order valence-corrected chi connectivity index (χ4v) is 4.26. The highest BCUT2D eigenvalue weighted by Crippen LogP contribution is 2.44. The second-order valence-electron chi connectivity index (χ2n) is 7.46. The maximum absolute atomic E-state index is 14.1. The van der Waals surface area contributed by atoms with Crippen molar-refractivity contribution in [2.45, 2.75) is 62.3 Å². The van der Waals surface area contributed by atoms with Crippen molar-refractivity contribution >= 4 is 22.0 Å². The Morgan fingerprint density at radius 3 is 2.60 bits per heavy atom. The normalized spacial score (nSPS) is 23.7. The maximum atomic E-state index is 14.1. The van der Waals surface area contributed by atoms with Crippen LogP contribution >= 0.6 is 15.9 Å². The van der Waals surface area contributed by atoms with Gasteiger partial charge in [0.05, 0.1) is 11.5 Å². The number of amides is 1. The molecule has 0 unspecified atom stereocenters. The fraction of sp³-hybridized carbons (Fsp3) is 0.579. The van der Waals surface area contributed by atoms with E-state index in [2.05, 4.69) is 22.0 Å². The molecule has 25 heavy (non-hydrogen) atoms. The lowest BCUT2D eigenvalue weighted by molar-refractivity contribution is 0.0198. The number of alkyl halides is 1. The van der Waals surface area contributed by atoms with E-state index in [0.29, 0.717) is 36.1 Å². The van der Waals surface area contributed by atoms with E-state index in [1.54, 1.807) is 6.07 Å². The topological polar surface area (TPSA) is 76.1 Å². The molecule has 0 heterocycles. The van der Waals surface area contributed by atoms with Crippen LogP contribution in [0.1, 0.15) is 57.1 Å². The molecule has 1 aromatic carbocycles. The molecule has 1 aliphatic carbocycles. The SMILES string of the molecule is CC(C)(CC1CCC(C#N)(c2ccc(CBr)c(F)c2)CC1)OC(N)=O. The molecule has 0 aliphatic heterocycles. The summed E-state index contributed by atoms with van der Waals surface area (Å²) in [5, 5.41) is 10.2. The number of rotatable bonds is 5. The molecule has 0 bridgehead atoms. The van der Waals surface area contributed by atoms with Crippen LogP contribution in [0.3, 0.4) is 0 Å². The van der Waals surface area contributed by atoms with Crippen molar-refractivity contribution in [3.05, 3.63) is 35.1 Å². The van der Waals surface area contributed by atoms with Gasteiger partial charge < -0.3 is 10.5 Å². The van der Waals surface area contributed by atoms with Gasteiger partial charge in [0.15, 0.2) is 0 Å². The molecule has 136 valence electrons. The number of benzene rings is 1. The average molecular weight is 411 g/mol. The molecule has 1 aromatic rings. The molecule has 1 aliphatic rings. The van der Waals surface area contributed by atoms with Crippen molar-refractivity contribution in [1.82, 2.24) is 0 Å². The highest BCUT2D eigenvalue weighted by atomic mass is 79.9. The standard InChI is InChI=1S/C19H24BrFN2O2/c1-18(2,25-17(23)24)10-13-5-7-19(12-22,8-6-13)15-4-3-14(11-20)16(21)9-15/h3-4,9,13H,5-8,10-11H2,1-2H3,(H2,23,24). The van der Waals surface area contributed by atoms with Gasteiger partial charge in [-0.2, -0.15) is 5.26 Å². The van der Waals surface area contributed by atoms with Crippen LogP contribution in [-0.2, 0) is 15.5 Å². The third-order valence-electron chi connectivity index (χ3n) is 5.08. The van der Waals surface area contributed by atoms with Gasteiger partial charge in [-0.1, -0.05) is 28.1 Å². The number of nitrogens with zero attached hydrogens (tertiary/aromatic N) is 1. The number of carbonyl (C=O) groups is 1. The monoisotopic (exact) mass is 410 g/mol. The minimum atomic E-state index is -0.769. The van der Waals surface area contributed by atoms with Gasteiger partial charge in [0.2, 0.25) is 0 Å². The van der Waals surface area contributed by atoms with Gasteiger partial charge in [0, 0.05) is 5.33 Å². The molecule has 1 saturated carbocycles. The van der Waals surface area contributed by atoms with Crippen LogP contribution in [0.25, 0.3) is 0 Å². The molecular weight excluding hydrogens is 387 g/mol. The zero-order valence-electron chi connectivity index (χ0n) is 14.6. The molecule has 4 nitrogen and oxygen atoms in total. The second-order valence-corrected chi connectivity index (χ2v) is 8.02. The Kier molecular flexibility index (Phi) is 6.10. The number of halogens is 2. The third kappa shape index (κ3) is 4.72. The zero-order valence-corrected chi connectivity index (χ0v) is 16.2. The molecule has 0 spiro atoms. The largest absolute Gasteiger partial charge is 0.444 e. The van der Waals surface area contributed by atoms with E-state index < -0.39 is 17.1 Å². The Morgan fingerprint density at radius 2 is 2.12 bits per heavy atom. The molecule has 0 aromatic heterocycles. The molecule has 0 saturated heterocycles. The predicted molar refractivity (Wildman–Crippen MR) is 97.6 cm³/mol. The lowest BCUT2D eigenvalue weighted by Crippen LogP contribution is -2.36. The van der Waals surface area contributed by atoms with E-state index >= 15 is 0 Å². The van der Waals surface area contributed by atoms with Crippen molar-refractivity contribution in [3.63, 3.8) is 0 Å². The molecule has 6 heteroatoms. The summed E-state index contributed by atoms with van der Waals surface area (Å²) in [6.07, 6.45) is 2.95. The number of hydrogen-bond acceptors (Lipinski definition) is 3. The Bertz CT molecular complexity index is 676. The van der Waals surface area contributed by atoms with E-state index in [9.17, 15) is 14.4 Å². The minimum absolute atomic E-state index is 0.276. The summed E-state index contributed by atoms with van der Waals surface area (Å²) in [4.78, 5) is 11.0. The maximum Gasteiger partial charge on any atom is 0.405 e. The smallest absolute Gasteiger partial charge is 0.405 e. The highest BCUT2D eigenvalue weighted by Gasteiger charge is 2.39. The van der Waals surface area contributed by atoms with Crippen molar-refractivity contribution in [3.8, 4) is 6.07 Å². The van der Waals surface area contributed by atoms with Gasteiger partial charge in [0.25, 0.3) is 0 Å². The van der Waals surface area contributed by atoms with E-state index in [1.807, 2.05) is 19.9 Å². The van der Waals surface area contributed by atoms with Crippen molar-refractivity contribution in [2.75, 3.05) is 0 Å². The Labute approximate surface area is 156 Å². The molecule has 1 amide bonds. The van der Waals surface area contributed by atoms with Crippen LogP contribution in [0.5, 0.6) is 0 Å². The summed E-state index contributed by atoms with van der Waals surface area (Å²) in [7, 11) is 0. The quantitative estimate of drug-likeness (QED) is 0.698. The first-order valence-electron chi connectivity index (χ1n) is 8.46. The van der Waals surface area contributed by atoms with Gasteiger partial charge in [-0.3, -0.25) is 0 Å². The minimum Gasteiger partial charge on any atom is -0.444 e. The first kappa shape index (κ1) is 19.7. The van der Waals surface area contributed by atoms with Crippen LogP contribution in [0.2, 0.25) is 0 Å². The summed E-state index contributed by atoms with van der Waals surface area (Å²) in [5.41, 5.74) is 5.21. The number of nitriles is 1. The second kappa shape index (κ2) is 7.74. The van der Waals surface area contributed by atoms with Gasteiger partial charge in [-0.05, 0) is 69.1 Å².